The summed E-state index contributed by atoms with van der Waals surface area (Å²) in [6, 6.07) is 1.24. The summed E-state index contributed by atoms with van der Waals surface area (Å²) in [5.41, 5.74) is 6.15. The minimum atomic E-state index is 0.143. The van der Waals surface area contributed by atoms with Gasteiger partial charge in [-0.1, -0.05) is 13.8 Å². The van der Waals surface area contributed by atoms with Crippen LogP contribution >= 0.6 is 0 Å². The van der Waals surface area contributed by atoms with Crippen molar-refractivity contribution in [2.45, 2.75) is 52.2 Å². The second kappa shape index (κ2) is 5.03. The number of likely N-dealkylation sites (N-methyl/N-ethyl adjacent to an activating group) is 1. The molecule has 3 atom stereocenters. The molecule has 0 aromatic carbocycles. The first-order valence-corrected chi connectivity index (χ1v) is 6.50. The van der Waals surface area contributed by atoms with Gasteiger partial charge in [-0.3, -0.25) is 9.80 Å². The van der Waals surface area contributed by atoms with Gasteiger partial charge in [-0.05, 0) is 33.7 Å². The highest BCUT2D eigenvalue weighted by atomic mass is 15.3. The lowest BCUT2D eigenvalue weighted by Gasteiger charge is -2.51. The van der Waals surface area contributed by atoms with E-state index < -0.39 is 0 Å². The van der Waals surface area contributed by atoms with E-state index in [0.29, 0.717) is 18.0 Å². The summed E-state index contributed by atoms with van der Waals surface area (Å²) < 4.78 is 0. The van der Waals surface area contributed by atoms with Crippen molar-refractivity contribution < 1.29 is 0 Å². The van der Waals surface area contributed by atoms with Gasteiger partial charge in [0.05, 0.1) is 0 Å². The summed E-state index contributed by atoms with van der Waals surface area (Å²) in [5, 5.41) is 0. The van der Waals surface area contributed by atoms with Crippen LogP contribution in [0.3, 0.4) is 0 Å². The Kier molecular flexibility index (Phi) is 4.38. The molecule has 16 heavy (non-hydrogen) atoms. The topological polar surface area (TPSA) is 32.5 Å². The molecule has 0 aromatic rings. The molecule has 0 amide bonds. The maximum atomic E-state index is 6.01. The van der Waals surface area contributed by atoms with Gasteiger partial charge in [0.2, 0.25) is 0 Å². The minimum Gasteiger partial charge on any atom is -0.329 e. The maximum absolute atomic E-state index is 6.01. The van der Waals surface area contributed by atoms with Crippen molar-refractivity contribution in [2.75, 3.05) is 26.7 Å². The zero-order chi connectivity index (χ0) is 12.5. The Labute approximate surface area is 101 Å². The van der Waals surface area contributed by atoms with E-state index in [1.165, 1.54) is 0 Å². The van der Waals surface area contributed by atoms with Crippen LogP contribution in [0.5, 0.6) is 0 Å². The Morgan fingerprint density at radius 1 is 1.25 bits per heavy atom. The second-order valence-corrected chi connectivity index (χ2v) is 5.98. The molecule has 3 nitrogen and oxygen atoms in total. The molecule has 1 aliphatic rings. The predicted molar refractivity (Wildman–Crippen MR) is 70.6 cm³/mol. The SMILES string of the molecule is CC1CN(C(C)(CN)C(C)C)CC(C)N1C. The highest BCUT2D eigenvalue weighted by Crippen LogP contribution is 2.27. The second-order valence-electron chi connectivity index (χ2n) is 5.98. The van der Waals surface area contributed by atoms with E-state index in [9.17, 15) is 0 Å². The molecule has 0 saturated carbocycles. The molecule has 0 aromatic heterocycles. The van der Waals surface area contributed by atoms with E-state index in [4.69, 9.17) is 5.73 Å². The number of nitrogens with zero attached hydrogens (tertiary/aromatic N) is 2. The van der Waals surface area contributed by atoms with Crippen molar-refractivity contribution >= 4 is 0 Å². The zero-order valence-corrected chi connectivity index (χ0v) is 11.8. The Morgan fingerprint density at radius 3 is 2.00 bits per heavy atom. The Morgan fingerprint density at radius 2 is 1.69 bits per heavy atom. The normalized spacial score (nSPS) is 33.0. The maximum Gasteiger partial charge on any atom is 0.0327 e. The first-order valence-electron chi connectivity index (χ1n) is 6.50. The molecule has 1 heterocycles. The molecule has 1 aliphatic heterocycles. The Bertz CT molecular complexity index is 217. The van der Waals surface area contributed by atoms with Crippen molar-refractivity contribution in [3.63, 3.8) is 0 Å². The van der Waals surface area contributed by atoms with E-state index in [1.54, 1.807) is 0 Å². The lowest BCUT2D eigenvalue weighted by Crippen LogP contribution is -2.65. The van der Waals surface area contributed by atoms with Crippen molar-refractivity contribution in [3.8, 4) is 0 Å². The quantitative estimate of drug-likeness (QED) is 0.791. The lowest BCUT2D eigenvalue weighted by molar-refractivity contribution is -0.0217. The van der Waals surface area contributed by atoms with E-state index in [0.717, 1.165) is 19.6 Å². The van der Waals surface area contributed by atoms with Crippen LogP contribution in [0.4, 0.5) is 0 Å². The molecule has 0 bridgehead atoms. The van der Waals surface area contributed by atoms with Crippen molar-refractivity contribution in [3.05, 3.63) is 0 Å². The van der Waals surface area contributed by atoms with Crippen LogP contribution in [0.1, 0.15) is 34.6 Å². The third-order valence-corrected chi connectivity index (χ3v) is 4.74. The minimum absolute atomic E-state index is 0.143. The van der Waals surface area contributed by atoms with Gasteiger partial charge >= 0.3 is 0 Å². The van der Waals surface area contributed by atoms with Gasteiger partial charge in [0.25, 0.3) is 0 Å². The first kappa shape index (κ1) is 13.9. The van der Waals surface area contributed by atoms with Gasteiger partial charge in [-0.25, -0.2) is 0 Å². The van der Waals surface area contributed by atoms with Gasteiger partial charge in [0.15, 0.2) is 0 Å². The zero-order valence-electron chi connectivity index (χ0n) is 11.8. The predicted octanol–water partition coefficient (Wildman–Crippen LogP) is 1.38. The van der Waals surface area contributed by atoms with Crippen LogP contribution in [-0.2, 0) is 0 Å². The van der Waals surface area contributed by atoms with Crippen LogP contribution in [0.15, 0.2) is 0 Å². The molecule has 0 aliphatic carbocycles. The van der Waals surface area contributed by atoms with E-state index in [2.05, 4.69) is 51.5 Å². The number of piperazine rings is 1. The van der Waals surface area contributed by atoms with Crippen molar-refractivity contribution in [1.29, 1.82) is 0 Å². The molecule has 96 valence electrons. The largest absolute Gasteiger partial charge is 0.329 e. The van der Waals surface area contributed by atoms with Gasteiger partial charge in [-0.15, -0.1) is 0 Å². The lowest BCUT2D eigenvalue weighted by atomic mass is 9.85. The van der Waals surface area contributed by atoms with Gasteiger partial charge in [-0.2, -0.15) is 0 Å². The average molecular weight is 227 g/mol. The molecule has 3 unspecified atom stereocenters. The standard InChI is InChI=1S/C13H29N3/c1-10(2)13(5,9-14)16-7-11(3)15(6)12(4)8-16/h10-12H,7-9,14H2,1-6H3. The summed E-state index contributed by atoms with van der Waals surface area (Å²) in [4.78, 5) is 5.06. The molecule has 3 heteroatoms. The molecule has 1 rings (SSSR count). The average Bonchev–Trinajstić information content (AvgIpc) is 2.23. The highest BCUT2D eigenvalue weighted by molar-refractivity contribution is 4.96. The highest BCUT2D eigenvalue weighted by Gasteiger charge is 2.39. The van der Waals surface area contributed by atoms with Crippen LogP contribution in [-0.4, -0.2) is 54.1 Å². The fraction of sp³-hybridized carbons (Fsp3) is 1.00. The molecule has 0 spiro atoms. The van der Waals surface area contributed by atoms with E-state index >= 15 is 0 Å². The van der Waals surface area contributed by atoms with Gasteiger partial charge < -0.3 is 5.73 Å². The summed E-state index contributed by atoms with van der Waals surface area (Å²) >= 11 is 0. The molecule has 1 saturated heterocycles. The van der Waals surface area contributed by atoms with Gasteiger partial charge in [0.1, 0.15) is 0 Å². The fourth-order valence-corrected chi connectivity index (χ4v) is 2.55. The smallest absolute Gasteiger partial charge is 0.0327 e. The Hall–Kier alpha value is -0.120. The summed E-state index contributed by atoms with van der Waals surface area (Å²) in [7, 11) is 2.22. The summed E-state index contributed by atoms with van der Waals surface area (Å²) in [6.07, 6.45) is 0. The molecule has 2 N–H and O–H groups in total. The van der Waals surface area contributed by atoms with Crippen molar-refractivity contribution in [2.24, 2.45) is 11.7 Å². The monoisotopic (exact) mass is 227 g/mol. The molecule has 0 radical (unpaired) electrons. The number of rotatable bonds is 3. The fourth-order valence-electron chi connectivity index (χ4n) is 2.55. The number of nitrogens with two attached hydrogens (primary N) is 1. The third-order valence-electron chi connectivity index (χ3n) is 4.74. The van der Waals surface area contributed by atoms with Crippen LogP contribution < -0.4 is 5.73 Å². The third kappa shape index (κ3) is 2.41. The molecule has 1 fully saturated rings. The summed E-state index contributed by atoms with van der Waals surface area (Å²) in [5.74, 6) is 0.598. The number of hydrogen-bond acceptors (Lipinski definition) is 3. The molecular formula is C13H29N3. The molecular weight excluding hydrogens is 198 g/mol. The van der Waals surface area contributed by atoms with Crippen LogP contribution in [0.2, 0.25) is 0 Å². The summed E-state index contributed by atoms with van der Waals surface area (Å²) in [6.45, 7) is 14.5. The van der Waals surface area contributed by atoms with E-state index in [1.807, 2.05) is 0 Å². The Balaban J connectivity index is 2.81. The van der Waals surface area contributed by atoms with Crippen LogP contribution in [0.25, 0.3) is 0 Å². The van der Waals surface area contributed by atoms with E-state index in [-0.39, 0.29) is 5.54 Å². The number of hydrogen-bond donors (Lipinski definition) is 1. The first-order chi connectivity index (χ1) is 7.32. The van der Waals surface area contributed by atoms with Crippen molar-refractivity contribution in [1.82, 2.24) is 9.80 Å². The van der Waals surface area contributed by atoms with Crippen LogP contribution in [0, 0.1) is 5.92 Å². The van der Waals surface area contributed by atoms with Gasteiger partial charge in [0, 0.05) is 37.3 Å².